The van der Waals surface area contributed by atoms with Gasteiger partial charge in [-0.05, 0) is 18.2 Å². The van der Waals surface area contributed by atoms with Crippen LogP contribution in [-0.2, 0) is 23.0 Å². The molecule has 0 radical (unpaired) electrons. The van der Waals surface area contributed by atoms with E-state index in [0.717, 1.165) is 12.1 Å². The molecule has 1 aromatic carbocycles. The maximum absolute atomic E-state index is 12.4. The van der Waals surface area contributed by atoms with E-state index in [1.54, 1.807) is 12.1 Å². The van der Waals surface area contributed by atoms with E-state index in [1.807, 2.05) is 26.0 Å². The van der Waals surface area contributed by atoms with Crippen LogP contribution in [0.3, 0.4) is 0 Å². The first kappa shape index (κ1) is 15.5. The molecule has 0 unspecified atom stereocenters. The lowest BCUT2D eigenvalue weighted by molar-refractivity contribution is 0.598. The number of H-pyrrole nitrogens is 1. The SMILES string of the molecule is CCNCc1ccccc1NS(=O)(=O)c1cnc(CC)[nH]1. The molecule has 7 heteroatoms. The van der Waals surface area contributed by atoms with Gasteiger partial charge in [0.05, 0.1) is 11.9 Å². The van der Waals surface area contributed by atoms with Crippen molar-refractivity contribution in [3.05, 3.63) is 41.9 Å². The molecule has 2 rings (SSSR count). The number of aromatic amines is 1. The summed E-state index contributed by atoms with van der Waals surface area (Å²) < 4.78 is 27.3. The summed E-state index contributed by atoms with van der Waals surface area (Å²) in [6.45, 7) is 5.35. The molecule has 0 aliphatic carbocycles. The monoisotopic (exact) mass is 308 g/mol. The van der Waals surface area contributed by atoms with E-state index in [0.29, 0.717) is 24.5 Å². The van der Waals surface area contributed by atoms with Gasteiger partial charge in [0.15, 0.2) is 5.03 Å². The Labute approximate surface area is 125 Å². The second kappa shape index (κ2) is 6.73. The minimum atomic E-state index is -3.65. The van der Waals surface area contributed by atoms with Crippen molar-refractivity contribution in [3.8, 4) is 0 Å². The first-order chi connectivity index (χ1) is 10.1. The van der Waals surface area contributed by atoms with E-state index in [-0.39, 0.29) is 5.03 Å². The molecule has 0 aliphatic heterocycles. The fourth-order valence-electron chi connectivity index (χ4n) is 1.89. The number of benzene rings is 1. The van der Waals surface area contributed by atoms with Gasteiger partial charge in [0.2, 0.25) is 0 Å². The number of nitrogens with one attached hydrogen (secondary N) is 3. The van der Waals surface area contributed by atoms with Crippen molar-refractivity contribution in [1.29, 1.82) is 0 Å². The number of aromatic nitrogens is 2. The maximum atomic E-state index is 12.4. The summed E-state index contributed by atoms with van der Waals surface area (Å²) in [7, 11) is -3.65. The third-order valence-corrected chi connectivity index (χ3v) is 4.33. The molecule has 1 aromatic heterocycles. The van der Waals surface area contributed by atoms with Gasteiger partial charge < -0.3 is 10.3 Å². The maximum Gasteiger partial charge on any atom is 0.278 e. The molecule has 0 saturated heterocycles. The number of rotatable bonds is 7. The van der Waals surface area contributed by atoms with Gasteiger partial charge in [-0.3, -0.25) is 4.72 Å². The molecule has 0 spiro atoms. The highest BCUT2D eigenvalue weighted by Gasteiger charge is 2.18. The van der Waals surface area contributed by atoms with Crippen LogP contribution in [0.2, 0.25) is 0 Å². The molecule has 0 saturated carbocycles. The molecule has 0 fully saturated rings. The summed E-state index contributed by atoms with van der Waals surface area (Å²) in [6.07, 6.45) is 2.00. The topological polar surface area (TPSA) is 86.9 Å². The van der Waals surface area contributed by atoms with Crippen LogP contribution in [0.5, 0.6) is 0 Å². The first-order valence-electron chi connectivity index (χ1n) is 6.92. The van der Waals surface area contributed by atoms with E-state index in [9.17, 15) is 8.42 Å². The highest BCUT2D eigenvalue weighted by Crippen LogP contribution is 2.19. The number of anilines is 1. The zero-order chi connectivity index (χ0) is 15.3. The van der Waals surface area contributed by atoms with Gasteiger partial charge in [-0.15, -0.1) is 0 Å². The second-order valence-electron chi connectivity index (χ2n) is 4.59. The van der Waals surface area contributed by atoms with Crippen molar-refractivity contribution in [2.24, 2.45) is 0 Å². The van der Waals surface area contributed by atoms with E-state index in [4.69, 9.17) is 0 Å². The predicted molar refractivity (Wildman–Crippen MR) is 82.6 cm³/mol. The molecule has 114 valence electrons. The normalized spacial score (nSPS) is 11.5. The predicted octanol–water partition coefficient (Wildman–Crippen LogP) is 1.88. The Balaban J connectivity index is 2.24. The smallest absolute Gasteiger partial charge is 0.278 e. The van der Waals surface area contributed by atoms with Crippen molar-refractivity contribution in [2.75, 3.05) is 11.3 Å². The first-order valence-corrected chi connectivity index (χ1v) is 8.40. The standard InChI is InChI=1S/C14H20N4O2S/c1-3-13-16-10-14(17-13)21(19,20)18-12-8-6-5-7-11(12)9-15-4-2/h5-8,10,15,18H,3-4,9H2,1-2H3,(H,16,17). The molecule has 21 heavy (non-hydrogen) atoms. The summed E-state index contributed by atoms with van der Waals surface area (Å²) in [6, 6.07) is 7.33. The Morgan fingerprint density at radius 1 is 1.24 bits per heavy atom. The minimum Gasteiger partial charge on any atom is -0.332 e. The molecule has 0 atom stereocenters. The molecule has 0 bridgehead atoms. The van der Waals surface area contributed by atoms with Crippen molar-refractivity contribution in [2.45, 2.75) is 31.8 Å². The number of hydrogen-bond acceptors (Lipinski definition) is 4. The lowest BCUT2D eigenvalue weighted by Gasteiger charge is -2.11. The zero-order valence-electron chi connectivity index (χ0n) is 12.2. The van der Waals surface area contributed by atoms with Crippen LogP contribution in [0, 0.1) is 0 Å². The fraction of sp³-hybridized carbons (Fsp3) is 0.357. The second-order valence-corrected chi connectivity index (χ2v) is 6.24. The Hall–Kier alpha value is -1.86. The quantitative estimate of drug-likeness (QED) is 0.729. The van der Waals surface area contributed by atoms with Crippen molar-refractivity contribution >= 4 is 15.7 Å². The van der Waals surface area contributed by atoms with E-state index >= 15 is 0 Å². The Kier molecular flexibility index (Phi) is 4.98. The van der Waals surface area contributed by atoms with Gasteiger partial charge in [-0.25, -0.2) is 4.98 Å². The fourth-order valence-corrected chi connectivity index (χ4v) is 2.94. The lowest BCUT2D eigenvalue weighted by atomic mass is 10.2. The molecule has 2 aromatic rings. The molecule has 6 nitrogen and oxygen atoms in total. The van der Waals surface area contributed by atoms with Crippen LogP contribution in [0.15, 0.2) is 35.5 Å². The highest BCUT2D eigenvalue weighted by molar-refractivity contribution is 7.92. The minimum absolute atomic E-state index is 0.0811. The number of hydrogen-bond donors (Lipinski definition) is 3. The van der Waals surface area contributed by atoms with Crippen LogP contribution in [0.1, 0.15) is 25.2 Å². The Morgan fingerprint density at radius 2 is 2.00 bits per heavy atom. The highest BCUT2D eigenvalue weighted by atomic mass is 32.2. The van der Waals surface area contributed by atoms with Gasteiger partial charge >= 0.3 is 0 Å². The average molecular weight is 308 g/mol. The van der Waals surface area contributed by atoms with Crippen LogP contribution in [-0.4, -0.2) is 24.9 Å². The van der Waals surface area contributed by atoms with Gasteiger partial charge in [0.1, 0.15) is 5.82 Å². The zero-order valence-corrected chi connectivity index (χ0v) is 13.0. The molecular weight excluding hydrogens is 288 g/mol. The number of nitrogens with zero attached hydrogens (tertiary/aromatic N) is 1. The van der Waals surface area contributed by atoms with Crippen molar-refractivity contribution in [3.63, 3.8) is 0 Å². The van der Waals surface area contributed by atoms with Crippen LogP contribution < -0.4 is 10.0 Å². The number of imidazole rings is 1. The third-order valence-electron chi connectivity index (χ3n) is 3.06. The summed E-state index contributed by atoms with van der Waals surface area (Å²) in [4.78, 5) is 6.84. The van der Waals surface area contributed by atoms with Crippen LogP contribution in [0.25, 0.3) is 0 Å². The van der Waals surface area contributed by atoms with Gasteiger partial charge in [-0.2, -0.15) is 8.42 Å². The summed E-state index contributed by atoms with van der Waals surface area (Å²) >= 11 is 0. The largest absolute Gasteiger partial charge is 0.332 e. The summed E-state index contributed by atoms with van der Waals surface area (Å²) in [5.74, 6) is 0.649. The van der Waals surface area contributed by atoms with Gasteiger partial charge in [-0.1, -0.05) is 32.0 Å². The summed E-state index contributed by atoms with van der Waals surface area (Å²) in [5, 5.41) is 3.27. The van der Waals surface area contributed by atoms with Gasteiger partial charge in [0.25, 0.3) is 10.0 Å². The van der Waals surface area contributed by atoms with E-state index < -0.39 is 10.0 Å². The number of aryl methyl sites for hydroxylation is 1. The lowest BCUT2D eigenvalue weighted by Crippen LogP contribution is -2.17. The number of sulfonamides is 1. The molecular formula is C14H20N4O2S. The van der Waals surface area contributed by atoms with Crippen LogP contribution >= 0.6 is 0 Å². The van der Waals surface area contributed by atoms with Crippen LogP contribution in [0.4, 0.5) is 5.69 Å². The Morgan fingerprint density at radius 3 is 2.67 bits per heavy atom. The van der Waals surface area contributed by atoms with E-state index in [2.05, 4.69) is 20.0 Å². The number of para-hydroxylation sites is 1. The van der Waals surface area contributed by atoms with Gasteiger partial charge in [0, 0.05) is 13.0 Å². The van der Waals surface area contributed by atoms with Crippen molar-refractivity contribution in [1.82, 2.24) is 15.3 Å². The molecule has 0 amide bonds. The average Bonchev–Trinajstić information content (AvgIpc) is 2.96. The Bertz CT molecular complexity index is 695. The molecule has 3 N–H and O–H groups in total. The molecule has 0 aliphatic rings. The molecule has 1 heterocycles. The van der Waals surface area contributed by atoms with Crippen molar-refractivity contribution < 1.29 is 8.42 Å². The third kappa shape index (κ3) is 3.83. The summed E-state index contributed by atoms with van der Waals surface area (Å²) in [5.41, 5.74) is 1.48. The van der Waals surface area contributed by atoms with E-state index in [1.165, 1.54) is 6.20 Å².